The standard InChI is InChI=1S/C17H20N2O5S/c20-16(7-11-5-6-25(23,24)10-11)19-15(17(21)22)8-12-9-18-14-4-2-1-3-13(12)14/h1-4,9,11,15,18H,5-8,10H2,(H,19,20)(H,21,22)/t11-,15-/m1/s1. The van der Waals surface area contributed by atoms with E-state index in [0.29, 0.717) is 6.42 Å². The third-order valence-corrected chi connectivity index (χ3v) is 6.37. The number of carbonyl (C=O) groups excluding carboxylic acids is 1. The van der Waals surface area contributed by atoms with Gasteiger partial charge in [0.1, 0.15) is 6.04 Å². The molecule has 134 valence electrons. The largest absolute Gasteiger partial charge is 0.480 e. The minimum absolute atomic E-state index is 0.000601. The quantitative estimate of drug-likeness (QED) is 0.710. The predicted molar refractivity (Wildman–Crippen MR) is 92.9 cm³/mol. The number of aromatic nitrogens is 1. The van der Waals surface area contributed by atoms with Gasteiger partial charge >= 0.3 is 5.97 Å². The molecule has 25 heavy (non-hydrogen) atoms. The van der Waals surface area contributed by atoms with Crippen molar-refractivity contribution in [1.82, 2.24) is 10.3 Å². The number of aromatic amines is 1. The first-order valence-corrected chi connectivity index (χ1v) is 9.94. The molecule has 1 aliphatic heterocycles. The van der Waals surface area contributed by atoms with E-state index in [2.05, 4.69) is 10.3 Å². The van der Waals surface area contributed by atoms with Gasteiger partial charge in [-0.25, -0.2) is 13.2 Å². The second-order valence-corrected chi connectivity index (χ2v) is 8.72. The van der Waals surface area contributed by atoms with Crippen LogP contribution in [0, 0.1) is 5.92 Å². The SMILES string of the molecule is O=C(C[C@H]1CCS(=O)(=O)C1)N[C@H](Cc1c[nH]c2ccccc12)C(=O)O. The first-order chi connectivity index (χ1) is 11.8. The highest BCUT2D eigenvalue weighted by atomic mass is 32.2. The number of aliphatic carboxylic acids is 1. The van der Waals surface area contributed by atoms with E-state index >= 15 is 0 Å². The summed E-state index contributed by atoms with van der Waals surface area (Å²) in [5.41, 5.74) is 1.72. The van der Waals surface area contributed by atoms with Crippen LogP contribution >= 0.6 is 0 Å². The number of hydrogen-bond donors (Lipinski definition) is 3. The number of H-pyrrole nitrogens is 1. The zero-order chi connectivity index (χ0) is 18.0. The molecule has 0 bridgehead atoms. The van der Waals surface area contributed by atoms with E-state index in [-0.39, 0.29) is 30.3 Å². The average molecular weight is 364 g/mol. The number of rotatable bonds is 6. The van der Waals surface area contributed by atoms with E-state index in [9.17, 15) is 23.1 Å². The summed E-state index contributed by atoms with van der Waals surface area (Å²) >= 11 is 0. The fourth-order valence-electron chi connectivity index (χ4n) is 3.27. The van der Waals surface area contributed by atoms with Crippen LogP contribution in [0.1, 0.15) is 18.4 Å². The Balaban J connectivity index is 1.65. The molecule has 0 unspecified atom stereocenters. The zero-order valence-corrected chi connectivity index (χ0v) is 14.4. The van der Waals surface area contributed by atoms with Gasteiger partial charge in [0.25, 0.3) is 0 Å². The Kier molecular flexibility index (Phi) is 4.80. The number of para-hydroxylation sites is 1. The topological polar surface area (TPSA) is 116 Å². The molecule has 7 nitrogen and oxygen atoms in total. The highest BCUT2D eigenvalue weighted by Gasteiger charge is 2.30. The monoisotopic (exact) mass is 364 g/mol. The van der Waals surface area contributed by atoms with Crippen LogP contribution in [-0.4, -0.2) is 47.9 Å². The molecule has 0 aliphatic carbocycles. The van der Waals surface area contributed by atoms with Crippen molar-refractivity contribution in [1.29, 1.82) is 0 Å². The van der Waals surface area contributed by atoms with Crippen molar-refractivity contribution in [3.8, 4) is 0 Å². The molecular weight excluding hydrogens is 344 g/mol. The van der Waals surface area contributed by atoms with E-state index in [1.54, 1.807) is 6.20 Å². The normalized spacial score (nSPS) is 20.4. The Hall–Kier alpha value is -2.35. The van der Waals surface area contributed by atoms with E-state index in [4.69, 9.17) is 0 Å². The fraction of sp³-hybridized carbons (Fsp3) is 0.412. The molecule has 2 aromatic rings. The van der Waals surface area contributed by atoms with Crippen LogP contribution < -0.4 is 5.32 Å². The van der Waals surface area contributed by atoms with Crippen molar-refractivity contribution in [2.45, 2.75) is 25.3 Å². The second-order valence-electron chi connectivity index (χ2n) is 6.50. The predicted octanol–water partition coefficient (Wildman–Crippen LogP) is 1.10. The Morgan fingerprint density at radius 1 is 1.32 bits per heavy atom. The molecule has 0 spiro atoms. The molecule has 1 aromatic heterocycles. The average Bonchev–Trinajstić information content (AvgIpc) is 3.10. The van der Waals surface area contributed by atoms with Gasteiger partial charge in [0.15, 0.2) is 9.84 Å². The minimum atomic E-state index is -3.05. The molecule has 2 heterocycles. The molecule has 1 aliphatic rings. The Bertz CT molecular complexity index is 903. The smallest absolute Gasteiger partial charge is 0.326 e. The number of sulfone groups is 1. The number of amides is 1. The molecule has 3 N–H and O–H groups in total. The maximum absolute atomic E-state index is 12.1. The lowest BCUT2D eigenvalue weighted by atomic mass is 10.0. The summed E-state index contributed by atoms with van der Waals surface area (Å²) < 4.78 is 22.9. The molecule has 2 atom stereocenters. The van der Waals surface area contributed by atoms with Crippen molar-refractivity contribution in [3.05, 3.63) is 36.0 Å². The molecule has 0 radical (unpaired) electrons. The zero-order valence-electron chi connectivity index (χ0n) is 13.6. The van der Waals surface area contributed by atoms with Gasteiger partial charge in [-0.3, -0.25) is 4.79 Å². The maximum Gasteiger partial charge on any atom is 0.326 e. The summed E-state index contributed by atoms with van der Waals surface area (Å²) in [4.78, 5) is 26.7. The van der Waals surface area contributed by atoms with Crippen LogP contribution in [0.2, 0.25) is 0 Å². The number of nitrogens with one attached hydrogen (secondary N) is 2. The number of carbonyl (C=O) groups is 2. The van der Waals surface area contributed by atoms with E-state index < -0.39 is 27.8 Å². The molecule has 1 fully saturated rings. The minimum Gasteiger partial charge on any atom is -0.480 e. The second kappa shape index (κ2) is 6.87. The fourth-order valence-corrected chi connectivity index (χ4v) is 5.13. The van der Waals surface area contributed by atoms with Gasteiger partial charge in [0, 0.05) is 29.9 Å². The number of hydrogen-bond acceptors (Lipinski definition) is 4. The molecule has 1 amide bonds. The number of benzene rings is 1. The molecule has 0 saturated carbocycles. The number of fused-ring (bicyclic) bond motifs is 1. The number of carboxylic acids is 1. The number of carboxylic acid groups (broad SMARTS) is 1. The van der Waals surface area contributed by atoms with Crippen LogP contribution in [-0.2, 0) is 25.8 Å². The van der Waals surface area contributed by atoms with Crippen LogP contribution in [0.15, 0.2) is 30.5 Å². The lowest BCUT2D eigenvalue weighted by Gasteiger charge is -2.15. The lowest BCUT2D eigenvalue weighted by molar-refractivity contribution is -0.141. The van der Waals surface area contributed by atoms with Gasteiger partial charge in [-0.2, -0.15) is 0 Å². The molecule has 3 rings (SSSR count). The highest BCUT2D eigenvalue weighted by Crippen LogP contribution is 2.22. The van der Waals surface area contributed by atoms with Crippen LogP contribution in [0.5, 0.6) is 0 Å². The summed E-state index contributed by atoms with van der Waals surface area (Å²) in [7, 11) is -3.05. The molecule has 1 saturated heterocycles. The first-order valence-electron chi connectivity index (χ1n) is 8.11. The van der Waals surface area contributed by atoms with Gasteiger partial charge in [0.2, 0.25) is 5.91 Å². The summed E-state index contributed by atoms with van der Waals surface area (Å²) in [5, 5.41) is 12.9. The summed E-state index contributed by atoms with van der Waals surface area (Å²) in [6.07, 6.45) is 2.40. The van der Waals surface area contributed by atoms with Crippen molar-refractivity contribution in [2.75, 3.05) is 11.5 Å². The maximum atomic E-state index is 12.1. The third-order valence-electron chi connectivity index (χ3n) is 4.53. The van der Waals surface area contributed by atoms with Crippen molar-refractivity contribution >= 4 is 32.6 Å². The Morgan fingerprint density at radius 2 is 2.08 bits per heavy atom. The van der Waals surface area contributed by atoms with Gasteiger partial charge in [0.05, 0.1) is 11.5 Å². The van der Waals surface area contributed by atoms with Gasteiger partial charge in [-0.15, -0.1) is 0 Å². The summed E-state index contributed by atoms with van der Waals surface area (Å²) in [6.45, 7) is 0. The molecule has 8 heteroatoms. The Morgan fingerprint density at radius 3 is 2.76 bits per heavy atom. The lowest BCUT2D eigenvalue weighted by Crippen LogP contribution is -2.42. The molecule has 1 aromatic carbocycles. The first kappa shape index (κ1) is 17.5. The van der Waals surface area contributed by atoms with Crippen molar-refractivity contribution in [2.24, 2.45) is 5.92 Å². The third kappa shape index (κ3) is 4.19. The summed E-state index contributed by atoms with van der Waals surface area (Å²) in [6, 6.07) is 6.49. The van der Waals surface area contributed by atoms with Gasteiger partial charge in [-0.05, 0) is 24.0 Å². The van der Waals surface area contributed by atoms with E-state index in [1.807, 2.05) is 24.3 Å². The van der Waals surface area contributed by atoms with E-state index in [1.165, 1.54) is 0 Å². The van der Waals surface area contributed by atoms with Crippen molar-refractivity contribution < 1.29 is 23.1 Å². The van der Waals surface area contributed by atoms with Gasteiger partial charge in [-0.1, -0.05) is 18.2 Å². The van der Waals surface area contributed by atoms with Gasteiger partial charge < -0.3 is 15.4 Å². The Labute approximate surface area is 145 Å². The van der Waals surface area contributed by atoms with Crippen molar-refractivity contribution in [3.63, 3.8) is 0 Å². The summed E-state index contributed by atoms with van der Waals surface area (Å²) in [5.74, 6) is -1.66. The van der Waals surface area contributed by atoms with Crippen LogP contribution in [0.4, 0.5) is 0 Å². The van der Waals surface area contributed by atoms with Crippen LogP contribution in [0.3, 0.4) is 0 Å². The van der Waals surface area contributed by atoms with E-state index in [0.717, 1.165) is 16.5 Å². The molecular formula is C17H20N2O5S. The highest BCUT2D eigenvalue weighted by molar-refractivity contribution is 7.91. The van der Waals surface area contributed by atoms with Crippen LogP contribution in [0.25, 0.3) is 10.9 Å².